The molecule has 0 unspecified atom stereocenters. The highest BCUT2D eigenvalue weighted by Crippen LogP contribution is 2.13. The number of aliphatic carboxylic acids is 1. The molecule has 0 saturated carbocycles. The van der Waals surface area contributed by atoms with Gasteiger partial charge < -0.3 is 10.4 Å². The van der Waals surface area contributed by atoms with E-state index in [1.165, 1.54) is 0 Å². The molecule has 5 nitrogen and oxygen atoms in total. The van der Waals surface area contributed by atoms with Gasteiger partial charge in [0.05, 0.1) is 6.54 Å². The molecule has 0 aliphatic heterocycles. The summed E-state index contributed by atoms with van der Waals surface area (Å²) in [5.41, 5.74) is 0.672. The zero-order valence-corrected chi connectivity index (χ0v) is 10.8. The number of carboxylic acids is 1. The molecule has 0 aliphatic rings. The van der Waals surface area contributed by atoms with E-state index in [1.54, 1.807) is 36.2 Å². The van der Waals surface area contributed by atoms with E-state index >= 15 is 0 Å². The molecule has 1 aromatic carbocycles. The number of anilines is 1. The number of nitrogens with one attached hydrogen (secondary N) is 1. The van der Waals surface area contributed by atoms with Crippen molar-refractivity contribution in [2.45, 2.75) is 6.42 Å². The van der Waals surface area contributed by atoms with E-state index in [0.717, 1.165) is 0 Å². The molecule has 0 saturated heterocycles. The predicted octanol–water partition coefficient (Wildman–Crippen LogP) is 1.69. The molecule has 0 spiro atoms. The van der Waals surface area contributed by atoms with Crippen LogP contribution in [0.3, 0.4) is 0 Å². The summed E-state index contributed by atoms with van der Waals surface area (Å²) >= 11 is 5.72. The Morgan fingerprint density at radius 1 is 1.33 bits per heavy atom. The molecule has 1 rings (SSSR count). The lowest BCUT2D eigenvalue weighted by Crippen LogP contribution is -2.29. The number of carbonyl (C=O) groups excluding carboxylic acids is 1. The molecule has 0 radical (unpaired) electrons. The number of likely N-dealkylation sites (N-methyl/N-ethyl adjacent to an activating group) is 1. The van der Waals surface area contributed by atoms with Crippen molar-refractivity contribution in [2.24, 2.45) is 0 Å². The van der Waals surface area contributed by atoms with Gasteiger partial charge in [-0.1, -0.05) is 11.6 Å². The van der Waals surface area contributed by atoms with Crippen molar-refractivity contribution < 1.29 is 14.7 Å². The predicted molar refractivity (Wildman–Crippen MR) is 69.8 cm³/mol. The third-order valence-electron chi connectivity index (χ3n) is 2.25. The van der Waals surface area contributed by atoms with Crippen LogP contribution in [0.15, 0.2) is 24.3 Å². The summed E-state index contributed by atoms with van der Waals surface area (Å²) in [6, 6.07) is 6.80. The number of carbonyl (C=O) groups is 2. The van der Waals surface area contributed by atoms with Crippen LogP contribution in [-0.4, -0.2) is 42.0 Å². The molecule has 0 atom stereocenters. The van der Waals surface area contributed by atoms with Crippen molar-refractivity contribution in [3.8, 4) is 0 Å². The second-order valence-corrected chi connectivity index (χ2v) is 4.37. The van der Waals surface area contributed by atoms with Crippen LogP contribution in [0.4, 0.5) is 5.69 Å². The molecule has 2 N–H and O–H groups in total. The third kappa shape index (κ3) is 5.65. The van der Waals surface area contributed by atoms with Crippen molar-refractivity contribution in [1.82, 2.24) is 4.90 Å². The molecule has 98 valence electrons. The van der Waals surface area contributed by atoms with Gasteiger partial charge in [-0.3, -0.25) is 14.5 Å². The lowest BCUT2D eigenvalue weighted by atomic mass is 10.3. The molecule has 0 bridgehead atoms. The van der Waals surface area contributed by atoms with Gasteiger partial charge in [-0.15, -0.1) is 0 Å². The molecule has 1 aromatic rings. The zero-order valence-electron chi connectivity index (χ0n) is 10.0. The summed E-state index contributed by atoms with van der Waals surface area (Å²) in [7, 11) is 1.66. The van der Waals surface area contributed by atoms with Crippen molar-refractivity contribution in [1.29, 1.82) is 0 Å². The zero-order chi connectivity index (χ0) is 13.5. The lowest BCUT2D eigenvalue weighted by molar-refractivity contribution is -0.138. The van der Waals surface area contributed by atoms with Gasteiger partial charge in [0.15, 0.2) is 0 Å². The van der Waals surface area contributed by atoms with Crippen LogP contribution in [0.5, 0.6) is 0 Å². The van der Waals surface area contributed by atoms with Crippen LogP contribution in [0.25, 0.3) is 0 Å². The maximum Gasteiger partial charge on any atom is 0.317 e. The van der Waals surface area contributed by atoms with Gasteiger partial charge in [-0.2, -0.15) is 0 Å². The summed E-state index contributed by atoms with van der Waals surface area (Å²) in [5.74, 6) is -1.06. The largest absolute Gasteiger partial charge is 0.480 e. The third-order valence-corrected chi connectivity index (χ3v) is 2.51. The Bertz CT molecular complexity index is 420. The quantitative estimate of drug-likeness (QED) is 0.825. The minimum atomic E-state index is -0.907. The van der Waals surface area contributed by atoms with Crippen LogP contribution in [-0.2, 0) is 9.59 Å². The standard InChI is InChI=1S/C12H15ClN2O3/c1-15(8-12(17)18)7-6-11(16)14-10-4-2-9(13)3-5-10/h2-5H,6-8H2,1H3,(H,14,16)(H,17,18). The van der Waals surface area contributed by atoms with E-state index in [9.17, 15) is 9.59 Å². The van der Waals surface area contributed by atoms with E-state index in [2.05, 4.69) is 5.32 Å². The Morgan fingerprint density at radius 3 is 2.50 bits per heavy atom. The first-order chi connectivity index (χ1) is 8.47. The van der Waals surface area contributed by atoms with Crippen molar-refractivity contribution in [3.05, 3.63) is 29.3 Å². The average Bonchev–Trinajstić information content (AvgIpc) is 2.29. The van der Waals surface area contributed by atoms with Gasteiger partial charge in [0, 0.05) is 23.7 Å². The highest BCUT2D eigenvalue weighted by atomic mass is 35.5. The smallest absolute Gasteiger partial charge is 0.317 e. The highest BCUT2D eigenvalue weighted by molar-refractivity contribution is 6.30. The minimum absolute atomic E-state index is 0.0752. The Labute approximate surface area is 110 Å². The van der Waals surface area contributed by atoms with Crippen LogP contribution < -0.4 is 5.32 Å². The van der Waals surface area contributed by atoms with Crippen LogP contribution in [0.1, 0.15) is 6.42 Å². The number of nitrogens with zero attached hydrogens (tertiary/aromatic N) is 1. The van der Waals surface area contributed by atoms with Crippen LogP contribution in [0, 0.1) is 0 Å². The molecule has 6 heteroatoms. The first-order valence-electron chi connectivity index (χ1n) is 5.43. The Kier molecular flexibility index (Phi) is 5.61. The van der Waals surface area contributed by atoms with Gasteiger partial charge in [-0.05, 0) is 31.3 Å². The van der Waals surface area contributed by atoms with Gasteiger partial charge in [0.2, 0.25) is 5.91 Å². The number of amides is 1. The monoisotopic (exact) mass is 270 g/mol. The first-order valence-corrected chi connectivity index (χ1v) is 5.81. The van der Waals surface area contributed by atoms with Crippen molar-refractivity contribution in [2.75, 3.05) is 25.5 Å². The second kappa shape index (κ2) is 6.98. The molecular weight excluding hydrogens is 256 g/mol. The molecule has 1 amide bonds. The molecule has 18 heavy (non-hydrogen) atoms. The molecular formula is C12H15ClN2O3. The fourth-order valence-electron chi connectivity index (χ4n) is 1.36. The number of hydrogen-bond donors (Lipinski definition) is 2. The van der Waals surface area contributed by atoms with Crippen molar-refractivity contribution in [3.63, 3.8) is 0 Å². The summed E-state index contributed by atoms with van der Waals surface area (Å²) < 4.78 is 0. The lowest BCUT2D eigenvalue weighted by Gasteiger charge is -2.13. The summed E-state index contributed by atoms with van der Waals surface area (Å²) in [6.07, 6.45) is 0.242. The number of benzene rings is 1. The molecule has 0 fully saturated rings. The summed E-state index contributed by atoms with van der Waals surface area (Å²) in [5, 5.41) is 11.9. The van der Waals surface area contributed by atoms with E-state index in [1.807, 2.05) is 0 Å². The SMILES string of the molecule is CN(CCC(=O)Nc1ccc(Cl)cc1)CC(=O)O. The maximum atomic E-state index is 11.6. The van der Waals surface area contributed by atoms with Gasteiger partial charge in [-0.25, -0.2) is 0 Å². The average molecular weight is 271 g/mol. The number of hydrogen-bond acceptors (Lipinski definition) is 3. The fourth-order valence-corrected chi connectivity index (χ4v) is 1.49. The van der Waals surface area contributed by atoms with E-state index in [0.29, 0.717) is 17.3 Å². The molecule has 0 heterocycles. The highest BCUT2D eigenvalue weighted by Gasteiger charge is 2.07. The Hall–Kier alpha value is -1.59. The van der Waals surface area contributed by atoms with E-state index < -0.39 is 5.97 Å². The fraction of sp³-hybridized carbons (Fsp3) is 0.333. The number of rotatable bonds is 6. The van der Waals surface area contributed by atoms with E-state index in [-0.39, 0.29) is 18.9 Å². The van der Waals surface area contributed by atoms with Crippen LogP contribution in [0.2, 0.25) is 5.02 Å². The Morgan fingerprint density at radius 2 is 1.94 bits per heavy atom. The molecule has 0 aromatic heterocycles. The van der Waals surface area contributed by atoms with E-state index in [4.69, 9.17) is 16.7 Å². The number of carboxylic acid groups (broad SMARTS) is 1. The topological polar surface area (TPSA) is 69.6 Å². The summed E-state index contributed by atoms with van der Waals surface area (Å²) in [4.78, 5) is 23.6. The summed E-state index contributed by atoms with van der Waals surface area (Å²) in [6.45, 7) is 0.319. The second-order valence-electron chi connectivity index (χ2n) is 3.94. The Balaban J connectivity index is 2.33. The normalized spacial score (nSPS) is 10.4. The minimum Gasteiger partial charge on any atom is -0.480 e. The number of halogens is 1. The first kappa shape index (κ1) is 14.5. The van der Waals surface area contributed by atoms with Gasteiger partial charge in [0.1, 0.15) is 0 Å². The van der Waals surface area contributed by atoms with Gasteiger partial charge in [0.25, 0.3) is 0 Å². The van der Waals surface area contributed by atoms with Crippen molar-refractivity contribution >= 4 is 29.2 Å². The molecule has 0 aliphatic carbocycles. The van der Waals surface area contributed by atoms with Gasteiger partial charge >= 0.3 is 5.97 Å². The maximum absolute atomic E-state index is 11.6. The van der Waals surface area contributed by atoms with Crippen LogP contribution >= 0.6 is 11.6 Å².